The standard InChI is InChI=1S/C11H13F3N2O2/c12-11(13,14)8-1-3-9(4-2-8)18-7-10(17)16-6-5-15/h1-4H,5-7,15H2,(H,16,17). The normalized spacial score (nSPS) is 11.1. The van der Waals surface area contributed by atoms with Crippen LogP contribution in [0.25, 0.3) is 0 Å². The molecule has 1 aromatic carbocycles. The number of hydrogen-bond donors (Lipinski definition) is 2. The van der Waals surface area contributed by atoms with Crippen LogP contribution in [0, 0.1) is 0 Å². The Morgan fingerprint density at radius 3 is 2.39 bits per heavy atom. The Balaban J connectivity index is 2.47. The van der Waals surface area contributed by atoms with Crippen molar-refractivity contribution in [2.75, 3.05) is 19.7 Å². The van der Waals surface area contributed by atoms with E-state index in [-0.39, 0.29) is 18.3 Å². The van der Waals surface area contributed by atoms with Crippen LogP contribution in [-0.4, -0.2) is 25.6 Å². The van der Waals surface area contributed by atoms with Crippen molar-refractivity contribution in [3.63, 3.8) is 0 Å². The first-order chi connectivity index (χ1) is 8.43. The van der Waals surface area contributed by atoms with Gasteiger partial charge >= 0.3 is 6.18 Å². The summed E-state index contributed by atoms with van der Waals surface area (Å²) in [5.41, 5.74) is 4.42. The fourth-order valence-electron chi connectivity index (χ4n) is 1.15. The fraction of sp³-hybridized carbons (Fsp3) is 0.364. The molecule has 3 N–H and O–H groups in total. The molecule has 0 radical (unpaired) electrons. The van der Waals surface area contributed by atoms with Crippen molar-refractivity contribution >= 4 is 5.91 Å². The lowest BCUT2D eigenvalue weighted by molar-refractivity contribution is -0.137. The first kappa shape index (κ1) is 14.3. The summed E-state index contributed by atoms with van der Waals surface area (Å²) in [5.74, 6) is -0.175. The number of nitrogens with one attached hydrogen (secondary N) is 1. The predicted molar refractivity (Wildman–Crippen MR) is 59.0 cm³/mol. The molecule has 0 atom stereocenters. The van der Waals surface area contributed by atoms with Gasteiger partial charge in [0.25, 0.3) is 5.91 Å². The minimum absolute atomic E-state index is 0.200. The lowest BCUT2D eigenvalue weighted by Crippen LogP contribution is -2.32. The number of ether oxygens (including phenoxy) is 1. The summed E-state index contributed by atoms with van der Waals surface area (Å²) in [7, 11) is 0. The van der Waals surface area contributed by atoms with Crippen molar-refractivity contribution in [2.45, 2.75) is 6.18 Å². The molecule has 0 fully saturated rings. The van der Waals surface area contributed by atoms with E-state index in [9.17, 15) is 18.0 Å². The van der Waals surface area contributed by atoms with Gasteiger partial charge in [0.1, 0.15) is 5.75 Å². The molecule has 0 aliphatic rings. The predicted octanol–water partition coefficient (Wildman–Crippen LogP) is 1.16. The third-order valence-electron chi connectivity index (χ3n) is 2.02. The first-order valence-electron chi connectivity index (χ1n) is 5.20. The molecule has 4 nitrogen and oxygen atoms in total. The first-order valence-corrected chi connectivity index (χ1v) is 5.20. The van der Waals surface area contributed by atoms with Gasteiger partial charge in [-0.25, -0.2) is 0 Å². The molecule has 1 rings (SSSR count). The molecule has 1 aromatic rings. The van der Waals surface area contributed by atoms with Crippen molar-refractivity contribution in [2.24, 2.45) is 5.73 Å². The zero-order valence-corrected chi connectivity index (χ0v) is 9.46. The van der Waals surface area contributed by atoms with Crippen LogP contribution in [0.1, 0.15) is 5.56 Å². The Morgan fingerprint density at radius 1 is 1.28 bits per heavy atom. The minimum atomic E-state index is -4.38. The molecule has 0 bridgehead atoms. The van der Waals surface area contributed by atoms with Gasteiger partial charge in [-0.05, 0) is 24.3 Å². The molecular weight excluding hydrogens is 249 g/mol. The quantitative estimate of drug-likeness (QED) is 0.837. The van der Waals surface area contributed by atoms with Gasteiger partial charge in [0.05, 0.1) is 5.56 Å². The largest absolute Gasteiger partial charge is 0.484 e. The monoisotopic (exact) mass is 262 g/mol. The van der Waals surface area contributed by atoms with Crippen LogP contribution in [0.2, 0.25) is 0 Å². The van der Waals surface area contributed by atoms with Gasteiger partial charge in [-0.3, -0.25) is 4.79 Å². The zero-order chi connectivity index (χ0) is 13.6. The summed E-state index contributed by atoms with van der Waals surface area (Å²) in [4.78, 5) is 11.1. The van der Waals surface area contributed by atoms with E-state index in [2.05, 4.69) is 5.32 Å². The third kappa shape index (κ3) is 4.62. The Hall–Kier alpha value is -1.76. The topological polar surface area (TPSA) is 64.3 Å². The van der Waals surface area contributed by atoms with Crippen LogP contribution in [0.4, 0.5) is 13.2 Å². The lowest BCUT2D eigenvalue weighted by atomic mass is 10.2. The molecule has 0 aliphatic heterocycles. The Bertz CT molecular complexity index is 390. The number of nitrogens with two attached hydrogens (primary N) is 1. The van der Waals surface area contributed by atoms with E-state index in [1.165, 1.54) is 12.1 Å². The Labute approximate surface area is 102 Å². The number of alkyl halides is 3. The highest BCUT2D eigenvalue weighted by molar-refractivity contribution is 5.77. The van der Waals surface area contributed by atoms with Crippen molar-refractivity contribution in [3.05, 3.63) is 29.8 Å². The van der Waals surface area contributed by atoms with E-state index in [1.807, 2.05) is 0 Å². The van der Waals surface area contributed by atoms with Gasteiger partial charge in [-0.15, -0.1) is 0 Å². The summed E-state index contributed by atoms with van der Waals surface area (Å²) in [6.45, 7) is 0.382. The van der Waals surface area contributed by atoms with Crippen LogP contribution >= 0.6 is 0 Å². The Morgan fingerprint density at radius 2 is 1.89 bits per heavy atom. The van der Waals surface area contributed by atoms with Crippen LogP contribution in [0.3, 0.4) is 0 Å². The molecule has 0 saturated carbocycles. The van der Waals surface area contributed by atoms with Gasteiger partial charge in [-0.1, -0.05) is 0 Å². The second-order valence-corrected chi connectivity index (χ2v) is 3.45. The summed E-state index contributed by atoms with van der Waals surface area (Å²) in [6.07, 6.45) is -4.38. The maximum atomic E-state index is 12.3. The molecule has 0 heterocycles. The number of carbonyl (C=O) groups excluding carboxylic acids is 1. The van der Waals surface area contributed by atoms with Crippen LogP contribution in [-0.2, 0) is 11.0 Å². The molecule has 100 valence electrons. The van der Waals surface area contributed by atoms with Gasteiger partial charge in [0, 0.05) is 13.1 Å². The van der Waals surface area contributed by atoms with E-state index in [0.29, 0.717) is 13.1 Å². The fourth-order valence-corrected chi connectivity index (χ4v) is 1.15. The maximum absolute atomic E-state index is 12.3. The molecule has 0 aliphatic carbocycles. The number of halogens is 3. The minimum Gasteiger partial charge on any atom is -0.484 e. The molecule has 0 spiro atoms. The van der Waals surface area contributed by atoms with E-state index in [4.69, 9.17) is 10.5 Å². The molecule has 0 saturated heterocycles. The second kappa shape index (κ2) is 6.25. The summed E-state index contributed by atoms with van der Waals surface area (Å²) in [6, 6.07) is 4.12. The second-order valence-electron chi connectivity index (χ2n) is 3.45. The van der Waals surface area contributed by atoms with Crippen LogP contribution < -0.4 is 15.8 Å². The van der Waals surface area contributed by atoms with Gasteiger partial charge < -0.3 is 15.8 Å². The smallest absolute Gasteiger partial charge is 0.416 e. The van der Waals surface area contributed by atoms with Gasteiger partial charge in [-0.2, -0.15) is 13.2 Å². The number of hydrogen-bond acceptors (Lipinski definition) is 3. The summed E-state index contributed by atoms with van der Waals surface area (Å²) >= 11 is 0. The van der Waals surface area contributed by atoms with Gasteiger partial charge in [0.2, 0.25) is 0 Å². The van der Waals surface area contributed by atoms with Gasteiger partial charge in [0.15, 0.2) is 6.61 Å². The molecule has 18 heavy (non-hydrogen) atoms. The SMILES string of the molecule is NCCNC(=O)COc1ccc(C(F)(F)F)cc1. The van der Waals surface area contributed by atoms with E-state index >= 15 is 0 Å². The van der Waals surface area contributed by atoms with Crippen molar-refractivity contribution < 1.29 is 22.7 Å². The number of rotatable bonds is 5. The highest BCUT2D eigenvalue weighted by Crippen LogP contribution is 2.30. The number of carbonyl (C=O) groups is 1. The zero-order valence-electron chi connectivity index (χ0n) is 9.46. The highest BCUT2D eigenvalue weighted by atomic mass is 19.4. The van der Waals surface area contributed by atoms with Crippen molar-refractivity contribution in [3.8, 4) is 5.75 Å². The Kier molecular flexibility index (Phi) is 4.96. The van der Waals surface area contributed by atoms with Crippen molar-refractivity contribution in [1.29, 1.82) is 0 Å². The number of benzene rings is 1. The van der Waals surface area contributed by atoms with E-state index in [0.717, 1.165) is 12.1 Å². The summed E-state index contributed by atoms with van der Waals surface area (Å²) < 4.78 is 41.8. The molecule has 0 unspecified atom stereocenters. The van der Waals surface area contributed by atoms with E-state index in [1.54, 1.807) is 0 Å². The number of amides is 1. The molecular formula is C11H13F3N2O2. The van der Waals surface area contributed by atoms with Crippen molar-refractivity contribution in [1.82, 2.24) is 5.32 Å². The summed E-state index contributed by atoms with van der Waals surface area (Å²) in [5, 5.41) is 2.47. The van der Waals surface area contributed by atoms with Crippen LogP contribution in [0.5, 0.6) is 5.75 Å². The third-order valence-corrected chi connectivity index (χ3v) is 2.02. The molecule has 7 heteroatoms. The average molecular weight is 262 g/mol. The van der Waals surface area contributed by atoms with Crippen LogP contribution in [0.15, 0.2) is 24.3 Å². The molecule has 0 aromatic heterocycles. The highest BCUT2D eigenvalue weighted by Gasteiger charge is 2.29. The lowest BCUT2D eigenvalue weighted by Gasteiger charge is -2.09. The average Bonchev–Trinajstić information content (AvgIpc) is 2.33. The molecule has 1 amide bonds. The maximum Gasteiger partial charge on any atom is 0.416 e. The van der Waals surface area contributed by atoms with E-state index < -0.39 is 11.7 Å².